The molecule has 3 aromatic heterocycles. The summed E-state index contributed by atoms with van der Waals surface area (Å²) in [6.45, 7) is -0.281. The second-order valence-electron chi connectivity index (χ2n) is 6.82. The van der Waals surface area contributed by atoms with Crippen LogP contribution in [0.25, 0.3) is 33.2 Å². The molecule has 0 bridgehead atoms. The van der Waals surface area contributed by atoms with Gasteiger partial charge in [0.2, 0.25) is 5.78 Å². The van der Waals surface area contributed by atoms with Gasteiger partial charge in [0.25, 0.3) is 0 Å². The number of aromatic amines is 2. The number of ketones is 1. The normalized spacial score (nSPS) is 12.4. The van der Waals surface area contributed by atoms with Crippen LogP contribution in [-0.2, 0) is 0 Å². The summed E-state index contributed by atoms with van der Waals surface area (Å²) in [7, 11) is 0. The van der Waals surface area contributed by atoms with Crippen LogP contribution in [0.5, 0.6) is 0 Å². The van der Waals surface area contributed by atoms with Crippen molar-refractivity contribution in [2.45, 2.75) is 5.92 Å². The van der Waals surface area contributed by atoms with Crippen molar-refractivity contribution in [2.24, 2.45) is 0 Å². The highest BCUT2D eigenvalue weighted by Crippen LogP contribution is 2.29. The van der Waals surface area contributed by atoms with Crippen LogP contribution in [0.3, 0.4) is 0 Å². The molecule has 0 radical (unpaired) electrons. The number of nitrogens with one attached hydrogen (secondary N) is 2. The quantitative estimate of drug-likeness (QED) is 0.403. The number of aliphatic hydroxyl groups is 1. The number of carbonyl (C=O) groups excluding carboxylic acids is 1. The Labute approximate surface area is 165 Å². The SMILES string of the molecule is O=C(c1nc2cc3c(-c4ccncc4)n[nH]c3cc2[nH]1)[C@H](CO)c1ccccc1. The number of Topliss-reactive ketones (excluding diaryl/α,β-unsaturated/α-hetero) is 1. The fourth-order valence-corrected chi connectivity index (χ4v) is 3.56. The highest BCUT2D eigenvalue weighted by atomic mass is 16.3. The van der Waals surface area contributed by atoms with E-state index in [2.05, 4.69) is 25.1 Å². The predicted octanol–water partition coefficient (Wildman–Crippen LogP) is 3.46. The molecule has 0 spiro atoms. The molecule has 0 saturated heterocycles. The number of fused-ring (bicyclic) bond motifs is 2. The summed E-state index contributed by atoms with van der Waals surface area (Å²) in [5, 5.41) is 18.1. The predicted molar refractivity (Wildman–Crippen MR) is 110 cm³/mol. The summed E-state index contributed by atoms with van der Waals surface area (Å²) >= 11 is 0. The van der Waals surface area contributed by atoms with Crippen LogP contribution in [0, 0.1) is 0 Å². The summed E-state index contributed by atoms with van der Waals surface area (Å²) in [5.41, 5.74) is 4.75. The first-order valence-corrected chi connectivity index (χ1v) is 9.23. The second-order valence-corrected chi connectivity index (χ2v) is 6.82. The minimum Gasteiger partial charge on any atom is -0.395 e. The lowest BCUT2D eigenvalue weighted by atomic mass is 9.95. The van der Waals surface area contributed by atoms with Crippen LogP contribution in [0.4, 0.5) is 0 Å². The number of benzene rings is 2. The van der Waals surface area contributed by atoms with Gasteiger partial charge in [-0.25, -0.2) is 4.98 Å². The summed E-state index contributed by atoms with van der Waals surface area (Å²) in [6, 6.07) is 16.8. The summed E-state index contributed by atoms with van der Waals surface area (Å²) < 4.78 is 0. The van der Waals surface area contributed by atoms with Gasteiger partial charge in [0.15, 0.2) is 5.82 Å². The monoisotopic (exact) mass is 383 g/mol. The van der Waals surface area contributed by atoms with Gasteiger partial charge in [-0.15, -0.1) is 0 Å². The van der Waals surface area contributed by atoms with E-state index in [0.717, 1.165) is 33.2 Å². The average Bonchev–Trinajstić information content (AvgIpc) is 3.37. The van der Waals surface area contributed by atoms with Crippen molar-refractivity contribution in [3.8, 4) is 11.3 Å². The smallest absolute Gasteiger partial charge is 0.207 e. The van der Waals surface area contributed by atoms with Crippen molar-refractivity contribution in [2.75, 3.05) is 6.61 Å². The average molecular weight is 383 g/mol. The molecule has 2 aromatic carbocycles. The van der Waals surface area contributed by atoms with Crippen molar-refractivity contribution >= 4 is 27.7 Å². The highest BCUT2D eigenvalue weighted by Gasteiger charge is 2.24. The van der Waals surface area contributed by atoms with E-state index in [0.29, 0.717) is 5.52 Å². The molecule has 5 rings (SSSR count). The van der Waals surface area contributed by atoms with Gasteiger partial charge in [-0.2, -0.15) is 5.10 Å². The summed E-state index contributed by atoms with van der Waals surface area (Å²) in [4.78, 5) is 24.6. The second kappa shape index (κ2) is 6.96. The van der Waals surface area contributed by atoms with Gasteiger partial charge in [-0.1, -0.05) is 30.3 Å². The van der Waals surface area contributed by atoms with Crippen molar-refractivity contribution < 1.29 is 9.90 Å². The molecule has 7 heteroatoms. The Morgan fingerprint density at radius 1 is 1.03 bits per heavy atom. The fourth-order valence-electron chi connectivity index (χ4n) is 3.56. The first kappa shape index (κ1) is 17.3. The third-order valence-electron chi connectivity index (χ3n) is 5.05. The van der Waals surface area contributed by atoms with Gasteiger partial charge in [-0.05, 0) is 29.8 Å². The fraction of sp³-hybridized carbons (Fsp3) is 0.0909. The van der Waals surface area contributed by atoms with Crippen molar-refractivity contribution in [3.63, 3.8) is 0 Å². The van der Waals surface area contributed by atoms with Gasteiger partial charge in [0.05, 0.1) is 29.1 Å². The molecule has 0 amide bonds. The number of aromatic nitrogens is 5. The molecule has 3 heterocycles. The number of carbonyl (C=O) groups is 1. The number of aliphatic hydroxyl groups excluding tert-OH is 1. The minimum atomic E-state index is -0.657. The first-order valence-electron chi connectivity index (χ1n) is 9.23. The van der Waals surface area contributed by atoms with E-state index in [1.54, 1.807) is 12.4 Å². The molecule has 5 aromatic rings. The molecule has 0 unspecified atom stereocenters. The molecule has 0 aliphatic carbocycles. The lowest BCUT2D eigenvalue weighted by Crippen LogP contribution is -2.18. The largest absolute Gasteiger partial charge is 0.395 e. The highest BCUT2D eigenvalue weighted by molar-refractivity contribution is 6.04. The van der Waals surface area contributed by atoms with E-state index in [1.807, 2.05) is 54.6 Å². The molecule has 3 N–H and O–H groups in total. The van der Waals surface area contributed by atoms with Crippen molar-refractivity contribution in [1.82, 2.24) is 25.1 Å². The number of imidazole rings is 1. The van der Waals surface area contributed by atoms with Crippen molar-refractivity contribution in [1.29, 1.82) is 0 Å². The molecule has 0 saturated carbocycles. The Morgan fingerprint density at radius 2 is 1.83 bits per heavy atom. The van der Waals surface area contributed by atoms with E-state index in [4.69, 9.17) is 0 Å². The van der Waals surface area contributed by atoms with Crippen LogP contribution in [0.2, 0.25) is 0 Å². The van der Waals surface area contributed by atoms with Gasteiger partial charge in [-0.3, -0.25) is 14.9 Å². The Balaban J connectivity index is 1.57. The molecular formula is C22H17N5O2. The maximum absolute atomic E-state index is 13.0. The molecular weight excluding hydrogens is 366 g/mol. The van der Waals surface area contributed by atoms with Crippen LogP contribution in [0.1, 0.15) is 22.1 Å². The number of pyridine rings is 1. The van der Waals surface area contributed by atoms with Crippen LogP contribution in [0.15, 0.2) is 67.0 Å². The van der Waals surface area contributed by atoms with Gasteiger partial charge < -0.3 is 10.1 Å². The molecule has 0 aliphatic heterocycles. The third kappa shape index (κ3) is 2.97. The van der Waals surface area contributed by atoms with Gasteiger partial charge in [0, 0.05) is 23.3 Å². The topological polar surface area (TPSA) is 108 Å². The maximum atomic E-state index is 13.0. The third-order valence-corrected chi connectivity index (χ3v) is 5.05. The van der Waals surface area contributed by atoms with E-state index >= 15 is 0 Å². The lowest BCUT2D eigenvalue weighted by molar-refractivity contribution is 0.0913. The maximum Gasteiger partial charge on any atom is 0.207 e. The van der Waals surface area contributed by atoms with Crippen LogP contribution >= 0.6 is 0 Å². The number of hydrogen-bond donors (Lipinski definition) is 3. The molecule has 0 fully saturated rings. The molecule has 0 aliphatic rings. The van der Waals surface area contributed by atoms with E-state index in [-0.39, 0.29) is 18.2 Å². The lowest BCUT2D eigenvalue weighted by Gasteiger charge is -2.11. The van der Waals surface area contributed by atoms with Crippen molar-refractivity contribution in [3.05, 3.63) is 78.4 Å². The van der Waals surface area contributed by atoms with E-state index < -0.39 is 5.92 Å². The van der Waals surface area contributed by atoms with Crippen LogP contribution in [-0.4, -0.2) is 42.6 Å². The zero-order valence-corrected chi connectivity index (χ0v) is 15.3. The van der Waals surface area contributed by atoms with E-state index in [1.165, 1.54) is 0 Å². The Kier molecular flexibility index (Phi) is 4.14. The molecule has 1 atom stereocenters. The van der Waals surface area contributed by atoms with Gasteiger partial charge in [0.1, 0.15) is 5.69 Å². The summed E-state index contributed by atoms with van der Waals surface area (Å²) in [6.07, 6.45) is 3.44. The number of rotatable bonds is 5. The van der Waals surface area contributed by atoms with Gasteiger partial charge >= 0.3 is 0 Å². The molecule has 7 nitrogen and oxygen atoms in total. The standard InChI is InChI=1S/C22H17N5O2/c28-12-16(13-4-2-1-3-5-13)21(29)22-24-18-10-15-17(11-19(18)25-22)26-27-20(15)14-6-8-23-9-7-14/h1-11,16,28H,12H2,(H,24,25)(H,26,27)/t16-/m1/s1. The number of nitrogens with zero attached hydrogens (tertiary/aromatic N) is 3. The van der Waals surface area contributed by atoms with E-state index in [9.17, 15) is 9.90 Å². The molecule has 142 valence electrons. The molecule has 29 heavy (non-hydrogen) atoms. The summed E-state index contributed by atoms with van der Waals surface area (Å²) in [5.74, 6) is -0.671. The number of hydrogen-bond acceptors (Lipinski definition) is 5. The minimum absolute atomic E-state index is 0.231. The van der Waals surface area contributed by atoms with Crippen LogP contribution < -0.4 is 0 Å². The first-order chi connectivity index (χ1) is 14.2. The Hall–Kier alpha value is -3.84. The zero-order chi connectivity index (χ0) is 19.8. The number of H-pyrrole nitrogens is 2. The Morgan fingerprint density at radius 3 is 2.59 bits per heavy atom. The Bertz CT molecular complexity index is 1310. The zero-order valence-electron chi connectivity index (χ0n) is 15.3.